The summed E-state index contributed by atoms with van der Waals surface area (Å²) in [6, 6.07) is 0. The fourth-order valence-corrected chi connectivity index (χ4v) is 0.411. The number of hydrogen-bond donors (Lipinski definition) is 1. The molecule has 1 aromatic heterocycles. The van der Waals surface area contributed by atoms with Crippen LogP contribution in [0, 0.1) is 0 Å². The van der Waals surface area contributed by atoms with E-state index in [-0.39, 0.29) is 13.6 Å². The molecule has 44 valence electrons. The van der Waals surface area contributed by atoms with E-state index in [1.54, 1.807) is 0 Å². The van der Waals surface area contributed by atoms with Crippen LogP contribution in [0.1, 0.15) is 7.20 Å². The summed E-state index contributed by atoms with van der Waals surface area (Å²) < 4.78 is 8.17. The minimum Gasteiger partial charge on any atom is -0.388 e. The maximum absolute atomic E-state index is 8.53. The number of aliphatic hydroxyl groups is 1. The lowest BCUT2D eigenvalue weighted by Crippen LogP contribution is -1.97. The van der Waals surface area contributed by atoms with Crippen molar-refractivity contribution in [1.29, 1.82) is 0 Å². The molecule has 0 unspecified atom stereocenters. The fourth-order valence-electron chi connectivity index (χ4n) is 0.411. The van der Waals surface area contributed by atoms with Crippen molar-refractivity contribution in [3.63, 3.8) is 0 Å². The number of hydrogen-bond acceptors (Lipinski definition) is 3. The Hall–Kier alpha value is -0.900. The molecule has 4 nitrogen and oxygen atoms in total. The van der Waals surface area contributed by atoms with Crippen molar-refractivity contribution in [3.8, 4) is 0 Å². The van der Waals surface area contributed by atoms with Crippen molar-refractivity contribution >= 4 is 0 Å². The summed E-state index contributed by atoms with van der Waals surface area (Å²) in [7, 11) is 0.00981. The largest absolute Gasteiger partial charge is 0.388 e. The minimum absolute atomic E-state index is 0.00981. The van der Waals surface area contributed by atoms with Crippen LogP contribution in [-0.2, 0) is 13.6 Å². The minimum atomic E-state index is -0.154. The number of aliphatic hydroxyl groups excluding tert-OH is 1. The summed E-state index contributed by atoms with van der Waals surface area (Å²) in [6.45, 7) is -0.154. The lowest BCUT2D eigenvalue weighted by Gasteiger charge is -1.89. The Morgan fingerprint density at radius 2 is 3.00 bits per heavy atom. The van der Waals surface area contributed by atoms with Crippen molar-refractivity contribution in [2.75, 3.05) is 0 Å². The summed E-state index contributed by atoms with van der Waals surface area (Å²) in [4.78, 5) is 3.69. The van der Waals surface area contributed by atoms with Crippen LogP contribution in [0.4, 0.5) is 0 Å². The first kappa shape index (κ1) is 4.03. The zero-order valence-corrected chi connectivity index (χ0v) is 4.28. The second-order valence-electron chi connectivity index (χ2n) is 1.33. The highest BCUT2D eigenvalue weighted by Crippen LogP contribution is 1.86. The summed E-state index contributed by atoms with van der Waals surface area (Å²) in [6.07, 6.45) is 1.32. The standard InChI is InChI=1S/C4H7N3O/c1-7-4(2-8)5-3-6-7/h3,8H,2H2,1H3/i1D. The van der Waals surface area contributed by atoms with E-state index in [1.165, 1.54) is 11.0 Å². The van der Waals surface area contributed by atoms with E-state index in [2.05, 4.69) is 10.1 Å². The lowest BCUT2D eigenvalue weighted by molar-refractivity contribution is 0.265. The summed E-state index contributed by atoms with van der Waals surface area (Å²) in [5, 5.41) is 12.2. The lowest BCUT2D eigenvalue weighted by atomic mass is 10.7. The molecular weight excluding hydrogens is 106 g/mol. The van der Waals surface area contributed by atoms with E-state index in [4.69, 9.17) is 6.48 Å². The highest BCUT2D eigenvalue weighted by atomic mass is 16.3. The molecule has 0 radical (unpaired) electrons. The number of aryl methyl sites for hydroxylation is 1. The van der Waals surface area contributed by atoms with Crippen molar-refractivity contribution in [1.82, 2.24) is 14.8 Å². The van der Waals surface area contributed by atoms with Gasteiger partial charge in [0, 0.05) is 8.39 Å². The van der Waals surface area contributed by atoms with Gasteiger partial charge >= 0.3 is 0 Å². The molecule has 0 aliphatic carbocycles. The molecular formula is C4H7N3O. The molecule has 0 fully saturated rings. The Labute approximate surface area is 48.2 Å². The normalized spacial score (nSPS) is 11.4. The van der Waals surface area contributed by atoms with Gasteiger partial charge in [-0.3, -0.25) is 4.68 Å². The number of nitrogens with zero attached hydrogens (tertiary/aromatic N) is 3. The molecule has 0 atom stereocenters. The van der Waals surface area contributed by atoms with Crippen LogP contribution in [0.3, 0.4) is 0 Å². The van der Waals surface area contributed by atoms with Crippen molar-refractivity contribution in [2.45, 2.75) is 6.61 Å². The van der Waals surface area contributed by atoms with Gasteiger partial charge in [0.05, 0.1) is 0 Å². The zero-order chi connectivity index (χ0) is 6.69. The molecule has 0 aliphatic rings. The Kier molecular flexibility index (Phi) is 0.964. The van der Waals surface area contributed by atoms with Gasteiger partial charge in [-0.05, 0) is 0 Å². The van der Waals surface area contributed by atoms with E-state index in [0.29, 0.717) is 5.82 Å². The molecule has 0 aromatic carbocycles. The highest BCUT2D eigenvalue weighted by molar-refractivity contribution is 4.78. The molecule has 0 aliphatic heterocycles. The molecule has 0 saturated carbocycles. The first-order chi connectivity index (χ1) is 4.38. The van der Waals surface area contributed by atoms with Gasteiger partial charge in [0.1, 0.15) is 12.9 Å². The Morgan fingerprint density at radius 3 is 3.50 bits per heavy atom. The monoisotopic (exact) mass is 114 g/mol. The fraction of sp³-hybridized carbons (Fsp3) is 0.500. The van der Waals surface area contributed by atoms with Crippen LogP contribution < -0.4 is 0 Å². The van der Waals surface area contributed by atoms with E-state index in [9.17, 15) is 0 Å². The maximum atomic E-state index is 8.53. The summed E-state index contributed by atoms with van der Waals surface area (Å²) in [5.41, 5.74) is 0. The third-order valence-electron chi connectivity index (χ3n) is 0.837. The predicted octanol–water partition coefficient (Wildman–Crippen LogP) is -0.693. The molecule has 4 heteroatoms. The van der Waals surface area contributed by atoms with Gasteiger partial charge in [0.15, 0.2) is 5.82 Å². The molecule has 0 saturated heterocycles. The first-order valence-electron chi connectivity index (χ1n) is 2.86. The van der Waals surface area contributed by atoms with Gasteiger partial charge < -0.3 is 5.11 Å². The number of rotatable bonds is 1. The molecule has 1 rings (SSSR count). The topological polar surface area (TPSA) is 50.9 Å². The Bertz CT molecular complexity index is 169. The van der Waals surface area contributed by atoms with Crippen LogP contribution in [0.5, 0.6) is 0 Å². The third-order valence-corrected chi connectivity index (χ3v) is 0.837. The second kappa shape index (κ2) is 1.92. The van der Waals surface area contributed by atoms with Gasteiger partial charge in [-0.15, -0.1) is 0 Å². The smallest absolute Gasteiger partial charge is 0.152 e. The average molecular weight is 114 g/mol. The maximum Gasteiger partial charge on any atom is 0.152 e. The van der Waals surface area contributed by atoms with E-state index >= 15 is 0 Å². The van der Waals surface area contributed by atoms with Gasteiger partial charge in [0.2, 0.25) is 0 Å². The quantitative estimate of drug-likeness (QED) is 0.525. The van der Waals surface area contributed by atoms with Crippen molar-refractivity contribution in [2.24, 2.45) is 7.02 Å². The van der Waals surface area contributed by atoms with Gasteiger partial charge in [0.25, 0.3) is 0 Å². The highest BCUT2D eigenvalue weighted by Gasteiger charge is 1.93. The Morgan fingerprint density at radius 1 is 2.12 bits per heavy atom. The molecule has 1 heterocycles. The van der Waals surface area contributed by atoms with Crippen LogP contribution >= 0.6 is 0 Å². The molecule has 1 N–H and O–H groups in total. The zero-order valence-electron chi connectivity index (χ0n) is 5.28. The van der Waals surface area contributed by atoms with E-state index in [1.807, 2.05) is 0 Å². The molecule has 8 heavy (non-hydrogen) atoms. The summed E-state index contributed by atoms with van der Waals surface area (Å²) in [5.74, 6) is 0.435. The number of aromatic nitrogens is 3. The Balaban J connectivity index is 2.85. The van der Waals surface area contributed by atoms with Gasteiger partial charge in [-0.1, -0.05) is 0 Å². The predicted molar refractivity (Wildman–Crippen MR) is 26.9 cm³/mol. The van der Waals surface area contributed by atoms with E-state index < -0.39 is 0 Å². The first-order valence-corrected chi connectivity index (χ1v) is 2.15. The molecule has 0 amide bonds. The van der Waals surface area contributed by atoms with Crippen LogP contribution in [-0.4, -0.2) is 19.9 Å². The van der Waals surface area contributed by atoms with Crippen LogP contribution in [0.25, 0.3) is 0 Å². The van der Waals surface area contributed by atoms with Crippen molar-refractivity contribution in [3.05, 3.63) is 12.2 Å². The van der Waals surface area contributed by atoms with Crippen LogP contribution in [0.15, 0.2) is 6.33 Å². The van der Waals surface area contributed by atoms with Gasteiger partial charge in [-0.25, -0.2) is 4.98 Å². The van der Waals surface area contributed by atoms with Gasteiger partial charge in [-0.2, -0.15) is 5.10 Å². The van der Waals surface area contributed by atoms with Crippen molar-refractivity contribution < 1.29 is 6.48 Å². The second-order valence-corrected chi connectivity index (χ2v) is 1.33. The average Bonchev–Trinajstić information content (AvgIpc) is 2.33. The molecule has 1 aromatic rings. The van der Waals surface area contributed by atoms with E-state index in [0.717, 1.165) is 0 Å². The summed E-state index contributed by atoms with van der Waals surface area (Å²) >= 11 is 0. The van der Waals surface area contributed by atoms with Crippen LogP contribution in [0.2, 0.25) is 0 Å². The molecule has 0 spiro atoms. The molecule has 0 bridgehead atoms. The SMILES string of the molecule is [2H]Cn1ncnc1CO. The third kappa shape index (κ3) is 0.696.